The second kappa shape index (κ2) is 7.46. The maximum Gasteiger partial charge on any atom is 0.261 e. The maximum absolute atomic E-state index is 12.9. The Kier molecular flexibility index (Phi) is 4.62. The smallest absolute Gasteiger partial charge is 0.261 e. The van der Waals surface area contributed by atoms with Crippen LogP contribution in [0.1, 0.15) is 35.4 Å². The van der Waals surface area contributed by atoms with Crippen molar-refractivity contribution in [1.82, 2.24) is 19.7 Å². The lowest BCUT2D eigenvalue weighted by atomic mass is 10.1. The molecule has 8 heteroatoms. The third-order valence-electron chi connectivity index (χ3n) is 5.66. The minimum atomic E-state index is -0.178. The van der Waals surface area contributed by atoms with E-state index < -0.39 is 0 Å². The Morgan fingerprint density at radius 1 is 1.03 bits per heavy atom. The molecule has 31 heavy (non-hydrogen) atoms. The molecule has 2 aromatic carbocycles. The number of anilines is 1. The number of nitrogens with zero attached hydrogens (tertiary/aromatic N) is 5. The van der Waals surface area contributed by atoms with Crippen molar-refractivity contribution >= 4 is 22.5 Å². The fourth-order valence-corrected chi connectivity index (χ4v) is 3.95. The lowest BCUT2D eigenvalue weighted by Crippen LogP contribution is -2.25. The third-order valence-corrected chi connectivity index (χ3v) is 5.66. The van der Waals surface area contributed by atoms with Crippen LogP contribution in [0.4, 0.5) is 5.69 Å². The van der Waals surface area contributed by atoms with Gasteiger partial charge in [0, 0.05) is 18.7 Å². The van der Waals surface area contributed by atoms with Crippen molar-refractivity contribution in [2.24, 2.45) is 0 Å². The van der Waals surface area contributed by atoms with Crippen LogP contribution in [0.5, 0.6) is 0 Å². The van der Waals surface area contributed by atoms with E-state index >= 15 is 0 Å². The molecule has 8 nitrogen and oxygen atoms in total. The normalized spacial score (nSPS) is 16.4. The molecule has 1 amide bonds. The molecule has 3 heterocycles. The SMILES string of the molecule is Cc1ccc(N2CC(c3nc(Cn4c(C)nc5ccccc5c4=O)no3)CC2=O)cc1. The number of carbonyl (C=O) groups is 1. The highest BCUT2D eigenvalue weighted by molar-refractivity contribution is 5.96. The molecule has 4 aromatic rings. The van der Waals surface area contributed by atoms with Crippen molar-refractivity contribution in [3.05, 3.63) is 82.0 Å². The first kappa shape index (κ1) is 19.2. The summed E-state index contributed by atoms with van der Waals surface area (Å²) in [6, 6.07) is 15.1. The summed E-state index contributed by atoms with van der Waals surface area (Å²) in [6.45, 7) is 4.44. The quantitative estimate of drug-likeness (QED) is 0.509. The van der Waals surface area contributed by atoms with Gasteiger partial charge in [-0.2, -0.15) is 4.98 Å². The van der Waals surface area contributed by atoms with Crippen LogP contribution in [-0.4, -0.2) is 32.1 Å². The summed E-state index contributed by atoms with van der Waals surface area (Å²) in [4.78, 5) is 36.1. The van der Waals surface area contributed by atoms with Crippen LogP contribution in [0.15, 0.2) is 57.8 Å². The summed E-state index contributed by atoms with van der Waals surface area (Å²) in [7, 11) is 0. The predicted octanol–water partition coefficient (Wildman–Crippen LogP) is 2.97. The van der Waals surface area contributed by atoms with E-state index in [1.807, 2.05) is 49.4 Å². The Morgan fingerprint density at radius 2 is 1.81 bits per heavy atom. The monoisotopic (exact) mass is 415 g/mol. The molecular formula is C23H21N5O3. The van der Waals surface area contributed by atoms with Crippen LogP contribution >= 0.6 is 0 Å². The molecule has 5 rings (SSSR count). The Morgan fingerprint density at radius 3 is 2.61 bits per heavy atom. The molecular weight excluding hydrogens is 394 g/mol. The molecule has 1 atom stereocenters. The molecule has 0 aliphatic carbocycles. The first-order valence-electron chi connectivity index (χ1n) is 10.2. The second-order valence-electron chi connectivity index (χ2n) is 7.86. The van der Waals surface area contributed by atoms with Gasteiger partial charge in [-0.05, 0) is 38.1 Å². The summed E-state index contributed by atoms with van der Waals surface area (Å²) in [5.41, 5.74) is 2.52. The summed E-state index contributed by atoms with van der Waals surface area (Å²) < 4.78 is 7.00. The van der Waals surface area contributed by atoms with Crippen LogP contribution in [0.25, 0.3) is 10.9 Å². The number of aryl methyl sites for hydroxylation is 2. The van der Waals surface area contributed by atoms with Crippen LogP contribution in [0.2, 0.25) is 0 Å². The van der Waals surface area contributed by atoms with Gasteiger partial charge in [0.15, 0.2) is 5.82 Å². The third kappa shape index (κ3) is 3.50. The number of amides is 1. The van der Waals surface area contributed by atoms with Crippen molar-refractivity contribution in [1.29, 1.82) is 0 Å². The number of benzene rings is 2. The van der Waals surface area contributed by atoms with Gasteiger partial charge in [0.1, 0.15) is 5.82 Å². The molecule has 0 N–H and O–H groups in total. The number of para-hydroxylation sites is 1. The fourth-order valence-electron chi connectivity index (χ4n) is 3.95. The lowest BCUT2D eigenvalue weighted by Gasteiger charge is -2.16. The van der Waals surface area contributed by atoms with Gasteiger partial charge in [0.05, 0.1) is 23.4 Å². The number of aromatic nitrogens is 4. The van der Waals surface area contributed by atoms with Crippen molar-refractivity contribution < 1.29 is 9.32 Å². The molecule has 1 fully saturated rings. The van der Waals surface area contributed by atoms with E-state index in [0.717, 1.165) is 11.3 Å². The largest absolute Gasteiger partial charge is 0.339 e. The summed E-state index contributed by atoms with van der Waals surface area (Å²) in [5, 5.41) is 4.60. The molecule has 1 aliphatic heterocycles. The van der Waals surface area contributed by atoms with Gasteiger partial charge in [-0.1, -0.05) is 35.0 Å². The lowest BCUT2D eigenvalue weighted by molar-refractivity contribution is -0.117. The van der Waals surface area contributed by atoms with Gasteiger partial charge in [0.2, 0.25) is 11.8 Å². The molecule has 0 spiro atoms. The van der Waals surface area contributed by atoms with Gasteiger partial charge < -0.3 is 9.42 Å². The van der Waals surface area contributed by atoms with Gasteiger partial charge in [-0.3, -0.25) is 14.2 Å². The molecule has 2 aromatic heterocycles. The van der Waals surface area contributed by atoms with Crippen molar-refractivity contribution in [3.63, 3.8) is 0 Å². The molecule has 1 saturated heterocycles. The number of carbonyl (C=O) groups excluding carboxylic acids is 1. The van der Waals surface area contributed by atoms with Crippen LogP contribution < -0.4 is 10.5 Å². The molecule has 1 unspecified atom stereocenters. The zero-order valence-electron chi connectivity index (χ0n) is 17.3. The Balaban J connectivity index is 1.38. The predicted molar refractivity (Wildman–Crippen MR) is 115 cm³/mol. The minimum Gasteiger partial charge on any atom is -0.339 e. The zero-order valence-corrected chi connectivity index (χ0v) is 17.3. The van der Waals surface area contributed by atoms with E-state index in [-0.39, 0.29) is 23.9 Å². The van der Waals surface area contributed by atoms with Crippen molar-refractivity contribution in [2.75, 3.05) is 11.4 Å². The Labute approximate surface area is 178 Å². The number of hydrogen-bond acceptors (Lipinski definition) is 6. The highest BCUT2D eigenvalue weighted by atomic mass is 16.5. The maximum atomic E-state index is 12.9. The molecule has 0 saturated carbocycles. The molecule has 156 valence electrons. The Bertz CT molecular complexity index is 1340. The summed E-state index contributed by atoms with van der Waals surface area (Å²) >= 11 is 0. The summed E-state index contributed by atoms with van der Waals surface area (Å²) in [6.07, 6.45) is 0.312. The zero-order chi connectivity index (χ0) is 21.5. The standard InChI is InChI=1S/C23H21N5O3/c1-14-7-9-17(10-8-14)28-12-16(11-21(28)29)22-25-20(26-31-22)13-27-15(2)24-19-6-4-3-5-18(19)23(27)30/h3-10,16H,11-13H2,1-2H3. The average Bonchev–Trinajstić information content (AvgIpc) is 3.38. The number of fused-ring (bicyclic) bond motifs is 1. The van der Waals surface area contributed by atoms with Crippen molar-refractivity contribution in [3.8, 4) is 0 Å². The van der Waals surface area contributed by atoms with Crippen LogP contribution in [0.3, 0.4) is 0 Å². The van der Waals surface area contributed by atoms with Crippen molar-refractivity contribution in [2.45, 2.75) is 32.7 Å². The summed E-state index contributed by atoms with van der Waals surface area (Å²) in [5.74, 6) is 1.23. The van der Waals surface area contributed by atoms with E-state index in [1.165, 1.54) is 4.57 Å². The van der Waals surface area contributed by atoms with Gasteiger partial charge in [0.25, 0.3) is 5.56 Å². The molecule has 1 aliphatic rings. The Hall–Kier alpha value is -3.81. The van der Waals surface area contributed by atoms with E-state index in [1.54, 1.807) is 17.9 Å². The van der Waals surface area contributed by atoms with E-state index in [9.17, 15) is 9.59 Å². The highest BCUT2D eigenvalue weighted by Crippen LogP contribution is 2.31. The van der Waals surface area contributed by atoms with Crippen LogP contribution in [-0.2, 0) is 11.3 Å². The fraction of sp³-hybridized carbons (Fsp3) is 0.261. The first-order chi connectivity index (χ1) is 15.0. The van der Waals surface area contributed by atoms with Crippen LogP contribution in [0, 0.1) is 13.8 Å². The van der Waals surface area contributed by atoms with Gasteiger partial charge in [-0.25, -0.2) is 4.98 Å². The molecule has 0 bridgehead atoms. The van der Waals surface area contributed by atoms with Gasteiger partial charge >= 0.3 is 0 Å². The van der Waals surface area contributed by atoms with Gasteiger partial charge in [-0.15, -0.1) is 0 Å². The van der Waals surface area contributed by atoms with E-state index in [0.29, 0.717) is 41.4 Å². The van der Waals surface area contributed by atoms with E-state index in [2.05, 4.69) is 15.1 Å². The second-order valence-corrected chi connectivity index (χ2v) is 7.86. The number of hydrogen-bond donors (Lipinski definition) is 0. The average molecular weight is 415 g/mol. The number of rotatable bonds is 4. The molecule has 0 radical (unpaired) electrons. The highest BCUT2D eigenvalue weighted by Gasteiger charge is 2.35. The van der Waals surface area contributed by atoms with E-state index in [4.69, 9.17) is 4.52 Å². The first-order valence-corrected chi connectivity index (χ1v) is 10.2. The minimum absolute atomic E-state index is 0.0272. The topological polar surface area (TPSA) is 94.1 Å².